The van der Waals surface area contributed by atoms with Gasteiger partial charge in [0.1, 0.15) is 11.9 Å². The molecule has 0 bridgehead atoms. The number of nitrogens with zero attached hydrogens (tertiary/aromatic N) is 4. The van der Waals surface area contributed by atoms with Gasteiger partial charge >= 0.3 is 0 Å². The molecule has 0 unspecified atom stereocenters. The molecule has 0 aliphatic carbocycles. The molecule has 1 aromatic rings. The van der Waals surface area contributed by atoms with Crippen molar-refractivity contribution in [2.45, 2.75) is 37.4 Å². The number of pyridine rings is 1. The minimum atomic E-state index is -0.287. The van der Waals surface area contributed by atoms with Crippen molar-refractivity contribution in [3.05, 3.63) is 23.9 Å². The molecule has 7 nitrogen and oxygen atoms in total. The summed E-state index contributed by atoms with van der Waals surface area (Å²) < 4.78 is 0. The van der Waals surface area contributed by atoms with Crippen LogP contribution in [0.25, 0.3) is 0 Å². The number of likely N-dealkylation sites (tertiary alicyclic amines) is 1. The van der Waals surface area contributed by atoms with Gasteiger partial charge in [-0.3, -0.25) is 4.79 Å². The molecule has 1 aromatic heterocycles. The predicted octanol–water partition coefficient (Wildman–Crippen LogP) is 0.610. The second-order valence-electron chi connectivity index (χ2n) is 5.90. The van der Waals surface area contributed by atoms with Crippen LogP contribution in [0, 0.1) is 22.7 Å². The number of nitrogens with one attached hydrogen (secondary N) is 2. The Labute approximate surface area is 134 Å². The molecular weight excluding hydrogens is 292 g/mol. The smallest absolute Gasteiger partial charge is 0.240 e. The third-order valence-electron chi connectivity index (χ3n) is 4.35. The number of hydrogen-bond acceptors (Lipinski definition) is 6. The molecule has 2 saturated heterocycles. The first-order chi connectivity index (χ1) is 11.2. The van der Waals surface area contributed by atoms with Gasteiger partial charge in [-0.2, -0.15) is 10.5 Å². The third kappa shape index (κ3) is 3.25. The Morgan fingerprint density at radius 2 is 2.35 bits per heavy atom. The SMILES string of the molecule is N#Cc1ccnc(N[C@@H]2CN[C@H](C(=O)N3CCC[C@H]3C#N)C2)c1. The largest absolute Gasteiger partial charge is 0.366 e. The van der Waals surface area contributed by atoms with E-state index in [-0.39, 0.29) is 24.0 Å². The number of aromatic nitrogens is 1. The lowest BCUT2D eigenvalue weighted by molar-refractivity contribution is -0.133. The monoisotopic (exact) mass is 310 g/mol. The molecule has 3 rings (SSSR count). The molecule has 0 aromatic carbocycles. The Morgan fingerprint density at radius 1 is 1.48 bits per heavy atom. The molecule has 3 atom stereocenters. The molecule has 7 heteroatoms. The summed E-state index contributed by atoms with van der Waals surface area (Å²) in [5.41, 5.74) is 0.551. The van der Waals surface area contributed by atoms with Gasteiger partial charge in [-0.15, -0.1) is 0 Å². The average molecular weight is 310 g/mol. The highest BCUT2D eigenvalue weighted by Crippen LogP contribution is 2.21. The molecule has 0 saturated carbocycles. The molecule has 1 amide bonds. The summed E-state index contributed by atoms with van der Waals surface area (Å²) in [5.74, 6) is 0.650. The summed E-state index contributed by atoms with van der Waals surface area (Å²) in [6.07, 6.45) is 3.89. The van der Waals surface area contributed by atoms with Gasteiger partial charge in [0.15, 0.2) is 0 Å². The van der Waals surface area contributed by atoms with E-state index in [4.69, 9.17) is 10.5 Å². The van der Waals surface area contributed by atoms with E-state index in [0.29, 0.717) is 30.9 Å². The van der Waals surface area contributed by atoms with Crippen LogP contribution >= 0.6 is 0 Å². The van der Waals surface area contributed by atoms with Gasteiger partial charge in [-0.05, 0) is 31.4 Å². The lowest BCUT2D eigenvalue weighted by atomic mass is 10.1. The number of anilines is 1. The fourth-order valence-corrected chi connectivity index (χ4v) is 3.19. The third-order valence-corrected chi connectivity index (χ3v) is 4.35. The van der Waals surface area contributed by atoms with Crippen LogP contribution in [0.4, 0.5) is 5.82 Å². The highest BCUT2D eigenvalue weighted by molar-refractivity contribution is 5.83. The van der Waals surface area contributed by atoms with Crippen molar-refractivity contribution in [1.82, 2.24) is 15.2 Å². The maximum atomic E-state index is 12.5. The Kier molecular flexibility index (Phi) is 4.40. The summed E-state index contributed by atoms with van der Waals surface area (Å²) in [7, 11) is 0. The zero-order valence-electron chi connectivity index (χ0n) is 12.7. The van der Waals surface area contributed by atoms with E-state index in [9.17, 15) is 4.79 Å². The quantitative estimate of drug-likeness (QED) is 0.847. The van der Waals surface area contributed by atoms with Crippen molar-refractivity contribution >= 4 is 11.7 Å². The topological polar surface area (TPSA) is 105 Å². The van der Waals surface area contributed by atoms with Crippen molar-refractivity contribution in [3.63, 3.8) is 0 Å². The summed E-state index contributed by atoms with van der Waals surface area (Å²) in [5, 5.41) is 24.5. The molecule has 2 aliphatic heterocycles. The van der Waals surface area contributed by atoms with Gasteiger partial charge < -0.3 is 15.5 Å². The summed E-state index contributed by atoms with van der Waals surface area (Å²) in [4.78, 5) is 18.4. The van der Waals surface area contributed by atoms with Crippen molar-refractivity contribution < 1.29 is 4.79 Å². The van der Waals surface area contributed by atoms with Gasteiger partial charge in [0.05, 0.1) is 23.7 Å². The van der Waals surface area contributed by atoms with E-state index < -0.39 is 0 Å². The maximum absolute atomic E-state index is 12.5. The van der Waals surface area contributed by atoms with Crippen LogP contribution in [-0.2, 0) is 4.79 Å². The minimum Gasteiger partial charge on any atom is -0.366 e. The minimum absolute atomic E-state index is 0.0112. The number of rotatable bonds is 3. The first kappa shape index (κ1) is 15.3. The second-order valence-corrected chi connectivity index (χ2v) is 5.90. The van der Waals surface area contributed by atoms with Gasteiger partial charge in [0, 0.05) is 25.3 Å². The normalized spacial score (nSPS) is 26.5. The zero-order chi connectivity index (χ0) is 16.2. The number of carbonyl (C=O) groups is 1. The van der Waals surface area contributed by atoms with Crippen LogP contribution in [0.15, 0.2) is 18.3 Å². The Balaban J connectivity index is 1.59. The van der Waals surface area contributed by atoms with E-state index >= 15 is 0 Å². The van der Waals surface area contributed by atoms with E-state index in [2.05, 4.69) is 27.8 Å². The zero-order valence-corrected chi connectivity index (χ0v) is 12.7. The predicted molar refractivity (Wildman–Crippen MR) is 83.1 cm³/mol. The summed E-state index contributed by atoms with van der Waals surface area (Å²) in [6, 6.07) is 7.16. The Bertz CT molecular complexity index is 676. The molecular formula is C16H18N6O. The van der Waals surface area contributed by atoms with Gasteiger partial charge in [0.25, 0.3) is 0 Å². The molecule has 2 fully saturated rings. The van der Waals surface area contributed by atoms with Crippen LogP contribution in [0.5, 0.6) is 0 Å². The van der Waals surface area contributed by atoms with Crippen LogP contribution in [-0.4, -0.2) is 47.0 Å². The first-order valence-electron chi connectivity index (χ1n) is 7.77. The molecule has 2 N–H and O–H groups in total. The second kappa shape index (κ2) is 6.64. The fourth-order valence-electron chi connectivity index (χ4n) is 3.19. The number of hydrogen-bond donors (Lipinski definition) is 2. The highest BCUT2D eigenvalue weighted by Gasteiger charge is 2.37. The number of nitriles is 2. The van der Waals surface area contributed by atoms with Crippen LogP contribution < -0.4 is 10.6 Å². The molecule has 2 aliphatic rings. The lowest BCUT2D eigenvalue weighted by Crippen LogP contribution is -2.45. The lowest BCUT2D eigenvalue weighted by Gasteiger charge is -2.23. The van der Waals surface area contributed by atoms with E-state index in [1.165, 1.54) is 0 Å². The fraction of sp³-hybridized carbons (Fsp3) is 0.500. The van der Waals surface area contributed by atoms with Crippen LogP contribution in [0.1, 0.15) is 24.8 Å². The van der Waals surface area contributed by atoms with Crippen LogP contribution in [0.2, 0.25) is 0 Å². The van der Waals surface area contributed by atoms with Crippen molar-refractivity contribution in [2.24, 2.45) is 0 Å². The molecule has 0 radical (unpaired) electrons. The molecule has 3 heterocycles. The van der Waals surface area contributed by atoms with Crippen molar-refractivity contribution in [2.75, 3.05) is 18.4 Å². The average Bonchev–Trinajstić information content (AvgIpc) is 3.23. The summed E-state index contributed by atoms with van der Waals surface area (Å²) in [6.45, 7) is 1.32. The first-order valence-corrected chi connectivity index (χ1v) is 7.77. The van der Waals surface area contributed by atoms with Gasteiger partial charge in [-0.1, -0.05) is 0 Å². The highest BCUT2D eigenvalue weighted by atomic mass is 16.2. The molecule has 0 spiro atoms. The molecule has 118 valence electrons. The Morgan fingerprint density at radius 3 is 3.13 bits per heavy atom. The number of amides is 1. The molecule has 23 heavy (non-hydrogen) atoms. The van der Waals surface area contributed by atoms with E-state index in [1.807, 2.05) is 0 Å². The summed E-state index contributed by atoms with van der Waals surface area (Å²) >= 11 is 0. The van der Waals surface area contributed by atoms with E-state index in [1.54, 1.807) is 23.2 Å². The van der Waals surface area contributed by atoms with Gasteiger partial charge in [0.2, 0.25) is 5.91 Å². The standard InChI is InChI=1S/C16H18N6O/c17-8-11-3-4-19-15(6-11)21-12-7-14(20-10-12)16(23)22-5-1-2-13(22)9-18/h3-4,6,12-14,20H,1-2,5,7,10H2,(H,19,21)/t12-,13-,14-/m0/s1. The van der Waals surface area contributed by atoms with Crippen molar-refractivity contribution in [1.29, 1.82) is 10.5 Å². The number of carbonyl (C=O) groups excluding carboxylic acids is 1. The van der Waals surface area contributed by atoms with E-state index in [0.717, 1.165) is 12.8 Å². The Hall–Kier alpha value is -2.64. The van der Waals surface area contributed by atoms with Crippen molar-refractivity contribution in [3.8, 4) is 12.1 Å². The van der Waals surface area contributed by atoms with Crippen LogP contribution in [0.3, 0.4) is 0 Å². The van der Waals surface area contributed by atoms with Gasteiger partial charge in [-0.25, -0.2) is 4.98 Å². The maximum Gasteiger partial charge on any atom is 0.240 e.